The molecule has 1 aliphatic carbocycles. The van der Waals surface area contributed by atoms with Crippen LogP contribution in [0.2, 0.25) is 0 Å². The molecule has 1 saturated carbocycles. The van der Waals surface area contributed by atoms with Crippen LogP contribution in [-0.4, -0.2) is 29.9 Å². The van der Waals surface area contributed by atoms with Gasteiger partial charge in [-0.25, -0.2) is 0 Å². The molecule has 2 aromatic rings. The van der Waals surface area contributed by atoms with Crippen molar-refractivity contribution in [1.29, 1.82) is 0 Å². The summed E-state index contributed by atoms with van der Waals surface area (Å²) in [7, 11) is 0. The fourth-order valence-electron chi connectivity index (χ4n) is 4.19. The Hall–Kier alpha value is -1.17. The second kappa shape index (κ2) is 7.60. The number of nitrogens with zero attached hydrogens (tertiary/aromatic N) is 1. The highest BCUT2D eigenvalue weighted by atomic mass is 32.1. The molecule has 5 heteroatoms. The van der Waals surface area contributed by atoms with Gasteiger partial charge in [0.1, 0.15) is 0 Å². The predicted molar refractivity (Wildman–Crippen MR) is 105 cm³/mol. The molecule has 1 aliphatic heterocycles. The Kier molecular flexibility index (Phi) is 5.25. The summed E-state index contributed by atoms with van der Waals surface area (Å²) in [6.07, 6.45) is 6.30. The van der Waals surface area contributed by atoms with Crippen LogP contribution < -0.4 is 5.32 Å². The summed E-state index contributed by atoms with van der Waals surface area (Å²) in [6, 6.07) is 6.89. The summed E-state index contributed by atoms with van der Waals surface area (Å²) in [6.45, 7) is 3.01. The smallest absolute Gasteiger partial charge is 0.223 e. The fraction of sp³-hybridized carbons (Fsp3) is 0.550. The molecule has 134 valence electrons. The summed E-state index contributed by atoms with van der Waals surface area (Å²) in [5, 5.41) is 9.88. The van der Waals surface area contributed by atoms with E-state index in [0.29, 0.717) is 23.8 Å². The van der Waals surface area contributed by atoms with Crippen molar-refractivity contribution >= 4 is 28.6 Å². The van der Waals surface area contributed by atoms with Gasteiger partial charge in [-0.15, -0.1) is 11.3 Å². The number of carbonyl (C=O) groups is 1. The molecular formula is C20H26N2OS2. The SMILES string of the molecule is O=C(CCCc1cccs1)N(Cc1ccsc1)C1CC12CCNCC2. The number of aryl methyl sites for hydroxylation is 1. The topological polar surface area (TPSA) is 32.3 Å². The van der Waals surface area contributed by atoms with Crippen molar-refractivity contribution in [3.8, 4) is 0 Å². The molecule has 1 atom stereocenters. The third-order valence-corrected chi connectivity index (χ3v) is 7.44. The van der Waals surface area contributed by atoms with Gasteiger partial charge in [0.25, 0.3) is 0 Å². The zero-order valence-electron chi connectivity index (χ0n) is 14.6. The molecule has 2 fully saturated rings. The monoisotopic (exact) mass is 374 g/mol. The molecule has 2 aliphatic rings. The molecule has 2 aromatic heterocycles. The normalized spacial score (nSPS) is 21.4. The molecule has 25 heavy (non-hydrogen) atoms. The van der Waals surface area contributed by atoms with Crippen molar-refractivity contribution in [2.45, 2.75) is 51.1 Å². The van der Waals surface area contributed by atoms with Crippen LogP contribution in [0.4, 0.5) is 0 Å². The van der Waals surface area contributed by atoms with E-state index in [0.717, 1.165) is 32.5 Å². The Balaban J connectivity index is 1.39. The number of hydrogen-bond donors (Lipinski definition) is 1. The van der Waals surface area contributed by atoms with E-state index in [1.165, 1.54) is 29.7 Å². The van der Waals surface area contributed by atoms with Crippen LogP contribution >= 0.6 is 22.7 Å². The Labute approximate surface area is 158 Å². The molecule has 3 heterocycles. The van der Waals surface area contributed by atoms with Crippen molar-refractivity contribution in [1.82, 2.24) is 10.2 Å². The van der Waals surface area contributed by atoms with Crippen LogP contribution in [-0.2, 0) is 17.8 Å². The zero-order chi connectivity index (χ0) is 17.1. The zero-order valence-corrected chi connectivity index (χ0v) is 16.2. The lowest BCUT2D eigenvalue weighted by atomic mass is 9.93. The van der Waals surface area contributed by atoms with Crippen LogP contribution in [0.25, 0.3) is 0 Å². The quantitative estimate of drug-likeness (QED) is 0.783. The highest BCUT2D eigenvalue weighted by molar-refractivity contribution is 7.09. The largest absolute Gasteiger partial charge is 0.335 e. The minimum atomic E-state index is 0.350. The van der Waals surface area contributed by atoms with E-state index >= 15 is 0 Å². The van der Waals surface area contributed by atoms with Crippen molar-refractivity contribution < 1.29 is 4.79 Å². The van der Waals surface area contributed by atoms with Crippen molar-refractivity contribution in [2.24, 2.45) is 5.41 Å². The molecule has 4 rings (SSSR count). The average Bonchev–Trinajstić information content (AvgIpc) is 3.07. The Bertz CT molecular complexity index is 675. The highest BCUT2D eigenvalue weighted by Gasteiger charge is 2.57. The molecule has 1 spiro atoms. The summed E-state index contributed by atoms with van der Waals surface area (Å²) in [4.78, 5) is 16.6. The van der Waals surface area contributed by atoms with E-state index in [-0.39, 0.29) is 0 Å². The van der Waals surface area contributed by atoms with Gasteiger partial charge in [-0.2, -0.15) is 11.3 Å². The first-order valence-electron chi connectivity index (χ1n) is 9.30. The van der Waals surface area contributed by atoms with Gasteiger partial charge in [-0.3, -0.25) is 4.79 Å². The Morgan fingerprint density at radius 3 is 2.88 bits per heavy atom. The number of rotatable bonds is 7. The molecule has 3 nitrogen and oxygen atoms in total. The Morgan fingerprint density at radius 2 is 2.16 bits per heavy atom. The number of hydrogen-bond acceptors (Lipinski definition) is 4. The molecular weight excluding hydrogens is 348 g/mol. The van der Waals surface area contributed by atoms with Gasteiger partial charge in [0.2, 0.25) is 5.91 Å². The Morgan fingerprint density at radius 1 is 1.28 bits per heavy atom. The predicted octanol–water partition coefficient (Wildman–Crippen LogP) is 4.30. The molecule has 1 amide bonds. The van der Waals surface area contributed by atoms with E-state index in [1.807, 2.05) is 0 Å². The van der Waals surface area contributed by atoms with Crippen LogP contribution in [0.15, 0.2) is 34.3 Å². The van der Waals surface area contributed by atoms with Crippen molar-refractivity contribution in [3.05, 3.63) is 44.8 Å². The second-order valence-corrected chi connectivity index (χ2v) is 9.23. The first-order chi connectivity index (χ1) is 12.3. The maximum atomic E-state index is 13.0. The summed E-state index contributed by atoms with van der Waals surface area (Å²) in [5.41, 5.74) is 1.69. The molecule has 0 radical (unpaired) electrons. The number of amides is 1. The second-order valence-electron chi connectivity index (χ2n) is 7.42. The van der Waals surface area contributed by atoms with Gasteiger partial charge in [-0.05, 0) is 84.4 Å². The van der Waals surface area contributed by atoms with E-state index in [1.54, 1.807) is 22.7 Å². The van der Waals surface area contributed by atoms with E-state index < -0.39 is 0 Å². The van der Waals surface area contributed by atoms with Crippen LogP contribution in [0.1, 0.15) is 42.5 Å². The van der Waals surface area contributed by atoms with Crippen LogP contribution in [0.3, 0.4) is 0 Å². The maximum absolute atomic E-state index is 13.0. The average molecular weight is 375 g/mol. The fourth-order valence-corrected chi connectivity index (χ4v) is 5.60. The highest BCUT2D eigenvalue weighted by Crippen LogP contribution is 2.56. The van der Waals surface area contributed by atoms with Crippen molar-refractivity contribution in [2.75, 3.05) is 13.1 Å². The van der Waals surface area contributed by atoms with Crippen LogP contribution in [0, 0.1) is 5.41 Å². The third kappa shape index (κ3) is 3.99. The van der Waals surface area contributed by atoms with E-state index in [9.17, 15) is 4.79 Å². The van der Waals surface area contributed by atoms with Gasteiger partial charge in [-0.1, -0.05) is 6.07 Å². The van der Waals surface area contributed by atoms with Gasteiger partial charge in [0.15, 0.2) is 0 Å². The van der Waals surface area contributed by atoms with E-state index in [2.05, 4.69) is 44.6 Å². The molecule has 0 aromatic carbocycles. The molecule has 1 unspecified atom stereocenters. The minimum Gasteiger partial charge on any atom is -0.335 e. The van der Waals surface area contributed by atoms with Gasteiger partial charge >= 0.3 is 0 Å². The van der Waals surface area contributed by atoms with E-state index in [4.69, 9.17) is 0 Å². The van der Waals surface area contributed by atoms with Crippen molar-refractivity contribution in [3.63, 3.8) is 0 Å². The third-order valence-electron chi connectivity index (χ3n) is 5.77. The van der Waals surface area contributed by atoms with Crippen LogP contribution in [0.5, 0.6) is 0 Å². The first kappa shape index (κ1) is 17.3. The number of thiophene rings is 2. The number of carbonyl (C=O) groups excluding carboxylic acids is 1. The first-order valence-corrected chi connectivity index (χ1v) is 11.1. The van der Waals surface area contributed by atoms with Gasteiger partial charge in [0, 0.05) is 23.9 Å². The number of nitrogens with one attached hydrogen (secondary N) is 1. The van der Waals surface area contributed by atoms with Gasteiger partial charge < -0.3 is 10.2 Å². The maximum Gasteiger partial charge on any atom is 0.223 e. The molecule has 1 N–H and O–H groups in total. The summed E-state index contributed by atoms with van der Waals surface area (Å²) >= 11 is 3.51. The minimum absolute atomic E-state index is 0.350. The lowest BCUT2D eigenvalue weighted by Gasteiger charge is -2.29. The molecule has 1 saturated heterocycles. The lowest BCUT2D eigenvalue weighted by Crippen LogP contribution is -2.39. The summed E-state index contributed by atoms with van der Waals surface area (Å²) in [5.74, 6) is 0.350. The van der Waals surface area contributed by atoms with Gasteiger partial charge in [0.05, 0.1) is 0 Å². The lowest BCUT2D eigenvalue weighted by molar-refractivity contribution is -0.133. The number of piperidine rings is 1. The summed E-state index contributed by atoms with van der Waals surface area (Å²) < 4.78 is 0. The standard InChI is InChI=1S/C20H26N2OS2/c23-19(5-1-3-17-4-2-11-25-17)22(14-16-6-12-24-15-16)18-13-20(18)7-9-21-10-8-20/h2,4,6,11-12,15,18,21H,1,3,5,7-10,13-14H2. The molecule has 0 bridgehead atoms.